The predicted octanol–water partition coefficient (Wildman–Crippen LogP) is 2.89. The summed E-state index contributed by atoms with van der Waals surface area (Å²) < 4.78 is 5.08. The van der Waals surface area contributed by atoms with E-state index in [1.54, 1.807) is 37.3 Å². The average molecular weight is 307 g/mol. The molecule has 0 aliphatic carbocycles. The molecule has 0 atom stereocenters. The van der Waals surface area contributed by atoms with Crippen molar-refractivity contribution in [2.24, 2.45) is 0 Å². The summed E-state index contributed by atoms with van der Waals surface area (Å²) in [6.07, 6.45) is 1.27. The van der Waals surface area contributed by atoms with E-state index in [1.807, 2.05) is 0 Å². The Morgan fingerprint density at radius 1 is 1.19 bits per heavy atom. The summed E-state index contributed by atoms with van der Waals surface area (Å²) in [6, 6.07) is 8.69. The van der Waals surface area contributed by atoms with Crippen molar-refractivity contribution in [3.63, 3.8) is 0 Å². The Kier molecular flexibility index (Phi) is 5.00. The van der Waals surface area contributed by atoms with Gasteiger partial charge in [-0.05, 0) is 36.8 Å². The predicted molar refractivity (Wildman–Crippen MR) is 80.0 cm³/mol. The van der Waals surface area contributed by atoms with Gasteiger partial charge in [0.15, 0.2) is 0 Å². The van der Waals surface area contributed by atoms with E-state index in [1.165, 1.54) is 6.26 Å². The van der Waals surface area contributed by atoms with Crippen molar-refractivity contribution in [2.75, 3.05) is 5.32 Å². The van der Waals surface area contributed by atoms with E-state index >= 15 is 0 Å². The number of hydrogen-bond donors (Lipinski definition) is 2. The first-order valence-electron chi connectivity index (χ1n) is 6.40. The zero-order chi connectivity index (χ0) is 15.2. The van der Waals surface area contributed by atoms with Crippen LogP contribution in [0.25, 0.3) is 0 Å². The third-order valence-electron chi connectivity index (χ3n) is 2.90. The molecule has 110 valence electrons. The van der Waals surface area contributed by atoms with E-state index in [0.717, 1.165) is 5.56 Å². The highest BCUT2D eigenvalue weighted by molar-refractivity contribution is 6.31. The van der Waals surface area contributed by atoms with Crippen LogP contribution in [-0.4, -0.2) is 11.8 Å². The third-order valence-corrected chi connectivity index (χ3v) is 3.31. The monoisotopic (exact) mass is 306 g/mol. The summed E-state index contributed by atoms with van der Waals surface area (Å²) in [5.74, 6) is -0.129. The summed E-state index contributed by atoms with van der Waals surface area (Å²) in [5, 5.41) is 5.84. The molecule has 21 heavy (non-hydrogen) atoms. The first kappa shape index (κ1) is 15.1. The van der Waals surface area contributed by atoms with Crippen molar-refractivity contribution in [3.8, 4) is 0 Å². The topological polar surface area (TPSA) is 71.3 Å². The van der Waals surface area contributed by atoms with Crippen molar-refractivity contribution in [3.05, 3.63) is 52.9 Å². The third kappa shape index (κ3) is 4.36. The molecule has 0 saturated carbocycles. The van der Waals surface area contributed by atoms with Crippen molar-refractivity contribution < 1.29 is 14.0 Å². The number of carbonyl (C=O) groups excluding carboxylic acids is 2. The molecule has 2 amide bonds. The van der Waals surface area contributed by atoms with E-state index in [9.17, 15) is 9.59 Å². The van der Waals surface area contributed by atoms with Crippen LogP contribution in [0.5, 0.6) is 0 Å². The zero-order valence-electron chi connectivity index (χ0n) is 11.5. The molecule has 0 saturated heterocycles. The van der Waals surface area contributed by atoms with E-state index in [-0.39, 0.29) is 18.9 Å². The van der Waals surface area contributed by atoms with Gasteiger partial charge in [0.1, 0.15) is 12.2 Å². The summed E-state index contributed by atoms with van der Waals surface area (Å²) in [4.78, 5) is 23.5. The van der Waals surface area contributed by atoms with Crippen molar-refractivity contribution in [2.45, 2.75) is 19.9 Å². The van der Waals surface area contributed by atoms with Gasteiger partial charge in [-0.25, -0.2) is 0 Å². The molecule has 0 unspecified atom stereocenters. The molecule has 0 aliphatic rings. The average Bonchev–Trinajstić information content (AvgIpc) is 2.95. The van der Waals surface area contributed by atoms with Gasteiger partial charge in [0.2, 0.25) is 11.8 Å². The smallest absolute Gasteiger partial charge is 0.233 e. The number of halogens is 1. The summed E-state index contributed by atoms with van der Waals surface area (Å²) >= 11 is 5.97. The van der Waals surface area contributed by atoms with Gasteiger partial charge >= 0.3 is 0 Å². The maximum Gasteiger partial charge on any atom is 0.233 e. The highest BCUT2D eigenvalue weighted by atomic mass is 35.5. The molecule has 6 heteroatoms. The molecule has 1 heterocycles. The van der Waals surface area contributed by atoms with Crippen LogP contribution in [0.1, 0.15) is 17.7 Å². The SMILES string of the molecule is Cc1c(Cl)cccc1NC(=O)CC(=O)NCc1ccco1. The van der Waals surface area contributed by atoms with Crippen LogP contribution in [0.2, 0.25) is 5.02 Å². The van der Waals surface area contributed by atoms with Crippen LogP contribution in [0.15, 0.2) is 41.0 Å². The number of anilines is 1. The van der Waals surface area contributed by atoms with Crippen LogP contribution in [0.3, 0.4) is 0 Å². The molecule has 0 fully saturated rings. The van der Waals surface area contributed by atoms with Gasteiger partial charge in [0.05, 0.1) is 12.8 Å². The Hall–Kier alpha value is -2.27. The molecule has 2 N–H and O–H groups in total. The van der Waals surface area contributed by atoms with E-state index in [0.29, 0.717) is 16.5 Å². The molecular formula is C15H15ClN2O3. The Morgan fingerprint density at radius 2 is 2.00 bits per heavy atom. The standard InChI is InChI=1S/C15H15ClN2O3/c1-10-12(16)5-2-6-13(10)18-15(20)8-14(19)17-9-11-4-3-7-21-11/h2-7H,8-9H2,1H3,(H,17,19)(H,18,20). The minimum Gasteiger partial charge on any atom is -0.467 e. The number of amides is 2. The van der Waals surface area contributed by atoms with E-state index in [2.05, 4.69) is 10.6 Å². The highest BCUT2D eigenvalue weighted by Gasteiger charge is 2.11. The first-order valence-corrected chi connectivity index (χ1v) is 6.78. The number of rotatable bonds is 5. The van der Waals surface area contributed by atoms with Gasteiger partial charge in [-0.15, -0.1) is 0 Å². The highest BCUT2D eigenvalue weighted by Crippen LogP contribution is 2.22. The molecular weight excluding hydrogens is 292 g/mol. The Balaban J connectivity index is 1.83. The molecule has 2 aromatic rings. The fourth-order valence-corrected chi connectivity index (χ4v) is 1.92. The largest absolute Gasteiger partial charge is 0.467 e. The lowest BCUT2D eigenvalue weighted by molar-refractivity contribution is -0.127. The lowest BCUT2D eigenvalue weighted by atomic mass is 10.2. The Morgan fingerprint density at radius 3 is 2.71 bits per heavy atom. The molecule has 2 rings (SSSR count). The van der Waals surface area contributed by atoms with Crippen LogP contribution in [-0.2, 0) is 16.1 Å². The number of benzene rings is 1. The maximum absolute atomic E-state index is 11.8. The number of furan rings is 1. The Bertz CT molecular complexity index is 638. The van der Waals surface area contributed by atoms with Gasteiger partial charge in [-0.1, -0.05) is 17.7 Å². The molecule has 0 bridgehead atoms. The summed E-state index contributed by atoms with van der Waals surface area (Å²) in [7, 11) is 0. The molecule has 0 aliphatic heterocycles. The minimum atomic E-state index is -0.391. The quantitative estimate of drug-likeness (QED) is 0.834. The number of hydrogen-bond acceptors (Lipinski definition) is 3. The van der Waals surface area contributed by atoms with Crippen LogP contribution in [0.4, 0.5) is 5.69 Å². The molecule has 0 spiro atoms. The maximum atomic E-state index is 11.8. The zero-order valence-corrected chi connectivity index (χ0v) is 12.2. The second kappa shape index (κ2) is 6.95. The van der Waals surface area contributed by atoms with Gasteiger partial charge in [-0.3, -0.25) is 9.59 Å². The molecule has 0 radical (unpaired) electrons. The molecule has 1 aromatic carbocycles. The van der Waals surface area contributed by atoms with Gasteiger partial charge in [-0.2, -0.15) is 0 Å². The van der Waals surface area contributed by atoms with Gasteiger partial charge < -0.3 is 15.1 Å². The van der Waals surface area contributed by atoms with Gasteiger partial charge in [0, 0.05) is 10.7 Å². The second-order valence-electron chi connectivity index (χ2n) is 4.49. The normalized spacial score (nSPS) is 10.2. The van der Waals surface area contributed by atoms with Crippen LogP contribution in [0, 0.1) is 6.92 Å². The molecule has 5 nitrogen and oxygen atoms in total. The number of carbonyl (C=O) groups is 2. The molecule has 1 aromatic heterocycles. The van der Waals surface area contributed by atoms with Crippen LogP contribution < -0.4 is 10.6 Å². The minimum absolute atomic E-state index is 0.257. The van der Waals surface area contributed by atoms with Crippen molar-refractivity contribution in [1.29, 1.82) is 0 Å². The second-order valence-corrected chi connectivity index (χ2v) is 4.90. The van der Waals surface area contributed by atoms with E-state index in [4.69, 9.17) is 16.0 Å². The summed E-state index contributed by atoms with van der Waals surface area (Å²) in [6.45, 7) is 2.06. The van der Waals surface area contributed by atoms with Crippen molar-refractivity contribution in [1.82, 2.24) is 5.32 Å². The van der Waals surface area contributed by atoms with Crippen molar-refractivity contribution >= 4 is 29.1 Å². The first-order chi connectivity index (χ1) is 10.1. The van der Waals surface area contributed by atoms with Crippen LogP contribution >= 0.6 is 11.6 Å². The fourth-order valence-electron chi connectivity index (χ4n) is 1.74. The van der Waals surface area contributed by atoms with E-state index < -0.39 is 5.91 Å². The summed E-state index contributed by atoms with van der Waals surface area (Å²) in [5.41, 5.74) is 1.37. The lowest BCUT2D eigenvalue weighted by Crippen LogP contribution is -2.27. The fraction of sp³-hybridized carbons (Fsp3) is 0.200. The lowest BCUT2D eigenvalue weighted by Gasteiger charge is -2.09. The Labute approximate surface area is 127 Å². The number of nitrogens with one attached hydrogen (secondary N) is 2. The van der Waals surface area contributed by atoms with Gasteiger partial charge in [0.25, 0.3) is 0 Å².